The molecule has 0 spiro atoms. The van der Waals surface area contributed by atoms with Crippen molar-refractivity contribution < 1.29 is 13.9 Å². The lowest BCUT2D eigenvalue weighted by atomic mass is 10.1. The number of primary amides is 1. The van der Waals surface area contributed by atoms with Crippen LogP contribution < -0.4 is 5.73 Å². The first-order valence-electron chi connectivity index (χ1n) is 5.63. The summed E-state index contributed by atoms with van der Waals surface area (Å²) in [4.78, 5) is 13.2. The molecule has 0 aliphatic carbocycles. The molecule has 1 aliphatic rings. The summed E-state index contributed by atoms with van der Waals surface area (Å²) in [6.45, 7) is 1.87. The van der Waals surface area contributed by atoms with Crippen molar-refractivity contribution in [1.82, 2.24) is 4.90 Å². The van der Waals surface area contributed by atoms with E-state index in [1.165, 1.54) is 12.1 Å². The normalized spacial score (nSPS) is 20.9. The molecule has 1 aromatic carbocycles. The van der Waals surface area contributed by atoms with Crippen LogP contribution in [0.2, 0.25) is 5.02 Å². The number of hydrogen-bond acceptors (Lipinski definition) is 3. The zero-order valence-corrected chi connectivity index (χ0v) is 10.5. The molecular formula is C12H14ClFN2O2. The molecule has 6 heteroatoms. The van der Waals surface area contributed by atoms with Crippen LogP contribution in [0, 0.1) is 5.82 Å². The van der Waals surface area contributed by atoms with E-state index in [0.29, 0.717) is 19.7 Å². The minimum Gasteiger partial charge on any atom is -0.378 e. The fourth-order valence-electron chi connectivity index (χ4n) is 1.96. The van der Waals surface area contributed by atoms with Crippen LogP contribution in [-0.4, -0.2) is 36.6 Å². The molecule has 0 radical (unpaired) electrons. The van der Waals surface area contributed by atoms with Gasteiger partial charge in [0.1, 0.15) is 11.9 Å². The van der Waals surface area contributed by atoms with E-state index in [2.05, 4.69) is 0 Å². The monoisotopic (exact) mass is 272 g/mol. The van der Waals surface area contributed by atoms with Gasteiger partial charge < -0.3 is 10.5 Å². The smallest absolute Gasteiger partial charge is 0.237 e. The lowest BCUT2D eigenvalue weighted by Crippen LogP contribution is -2.51. The molecule has 1 fully saturated rings. The average Bonchev–Trinajstić information content (AvgIpc) is 2.34. The molecule has 18 heavy (non-hydrogen) atoms. The second-order valence-electron chi connectivity index (χ2n) is 4.21. The van der Waals surface area contributed by atoms with E-state index in [9.17, 15) is 9.18 Å². The molecule has 1 amide bonds. The first-order valence-corrected chi connectivity index (χ1v) is 6.01. The Morgan fingerprint density at radius 1 is 1.61 bits per heavy atom. The van der Waals surface area contributed by atoms with Crippen LogP contribution in [0.3, 0.4) is 0 Å². The summed E-state index contributed by atoms with van der Waals surface area (Å²) >= 11 is 5.62. The summed E-state index contributed by atoms with van der Waals surface area (Å²) < 4.78 is 18.5. The Morgan fingerprint density at radius 3 is 3.06 bits per heavy atom. The highest BCUT2D eigenvalue weighted by Gasteiger charge is 2.27. The maximum absolute atomic E-state index is 13.3. The van der Waals surface area contributed by atoms with Gasteiger partial charge in [-0.2, -0.15) is 0 Å². The number of benzene rings is 1. The second kappa shape index (κ2) is 5.65. The van der Waals surface area contributed by atoms with Crippen LogP contribution in [0.15, 0.2) is 18.2 Å². The highest BCUT2D eigenvalue weighted by Crippen LogP contribution is 2.18. The molecule has 0 aromatic heterocycles. The fraction of sp³-hybridized carbons (Fsp3) is 0.417. The van der Waals surface area contributed by atoms with E-state index in [0.717, 1.165) is 5.56 Å². The molecule has 4 nitrogen and oxygen atoms in total. The maximum Gasteiger partial charge on any atom is 0.237 e. The lowest BCUT2D eigenvalue weighted by Gasteiger charge is -2.33. The van der Waals surface area contributed by atoms with Gasteiger partial charge in [0, 0.05) is 13.1 Å². The van der Waals surface area contributed by atoms with Crippen LogP contribution in [0.5, 0.6) is 0 Å². The van der Waals surface area contributed by atoms with Gasteiger partial charge in [0.2, 0.25) is 5.91 Å². The summed E-state index contributed by atoms with van der Waals surface area (Å²) in [7, 11) is 0. The molecule has 1 aromatic rings. The number of morpholine rings is 1. The first kappa shape index (κ1) is 13.3. The summed E-state index contributed by atoms with van der Waals surface area (Å²) in [6, 6.07) is 4.15. The topological polar surface area (TPSA) is 55.6 Å². The predicted octanol–water partition coefficient (Wildman–Crippen LogP) is 1.17. The number of hydrogen-bond donors (Lipinski definition) is 1. The van der Waals surface area contributed by atoms with Gasteiger partial charge in [0.15, 0.2) is 0 Å². The van der Waals surface area contributed by atoms with Gasteiger partial charge in [-0.3, -0.25) is 9.69 Å². The minimum absolute atomic E-state index is 0.0900. The van der Waals surface area contributed by atoms with E-state index in [1.807, 2.05) is 4.90 Å². The number of nitrogens with zero attached hydrogens (tertiary/aromatic N) is 1. The Morgan fingerprint density at radius 2 is 2.39 bits per heavy atom. The average molecular weight is 273 g/mol. The van der Waals surface area contributed by atoms with Crippen LogP contribution >= 0.6 is 11.6 Å². The maximum atomic E-state index is 13.3. The molecule has 98 valence electrons. The molecular weight excluding hydrogens is 259 g/mol. The Kier molecular flexibility index (Phi) is 4.16. The van der Waals surface area contributed by atoms with Crippen molar-refractivity contribution in [3.8, 4) is 0 Å². The summed E-state index contributed by atoms with van der Waals surface area (Å²) in [5, 5.41) is 0.0900. The van der Waals surface area contributed by atoms with Gasteiger partial charge >= 0.3 is 0 Å². The molecule has 1 heterocycles. The van der Waals surface area contributed by atoms with E-state index in [-0.39, 0.29) is 11.6 Å². The first-order chi connectivity index (χ1) is 8.58. The third-order valence-electron chi connectivity index (χ3n) is 2.94. The number of amides is 1. The van der Waals surface area contributed by atoms with E-state index in [1.54, 1.807) is 6.07 Å². The van der Waals surface area contributed by atoms with Gasteiger partial charge in [-0.05, 0) is 17.7 Å². The van der Waals surface area contributed by atoms with E-state index in [4.69, 9.17) is 22.1 Å². The third kappa shape index (κ3) is 2.98. The van der Waals surface area contributed by atoms with E-state index >= 15 is 0 Å². The van der Waals surface area contributed by atoms with Crippen LogP contribution in [-0.2, 0) is 16.1 Å². The van der Waals surface area contributed by atoms with Crippen molar-refractivity contribution in [2.45, 2.75) is 12.6 Å². The standard InChI is InChI=1S/C12H14ClFN2O2/c13-9-2-1-8(5-10(9)14)6-16-3-4-18-7-11(16)12(15)17/h1-2,5,11H,3-4,6-7H2,(H2,15,17)/t11-/m0/s1. The van der Waals surface area contributed by atoms with Gasteiger partial charge in [-0.15, -0.1) is 0 Å². The van der Waals surface area contributed by atoms with Crippen molar-refractivity contribution in [1.29, 1.82) is 0 Å². The molecule has 0 unspecified atom stereocenters. The third-order valence-corrected chi connectivity index (χ3v) is 3.24. The Labute approximate surface area is 109 Å². The Balaban J connectivity index is 2.10. The van der Waals surface area contributed by atoms with E-state index < -0.39 is 17.8 Å². The zero-order chi connectivity index (χ0) is 13.1. The number of halogens is 2. The van der Waals surface area contributed by atoms with Crippen molar-refractivity contribution in [2.75, 3.05) is 19.8 Å². The van der Waals surface area contributed by atoms with Crippen molar-refractivity contribution >= 4 is 17.5 Å². The largest absolute Gasteiger partial charge is 0.378 e. The number of carbonyl (C=O) groups excluding carboxylic acids is 1. The molecule has 2 N–H and O–H groups in total. The van der Waals surface area contributed by atoms with Crippen LogP contribution in [0.25, 0.3) is 0 Å². The van der Waals surface area contributed by atoms with Gasteiger partial charge in [0.25, 0.3) is 0 Å². The Hall–Kier alpha value is -1.17. The number of rotatable bonds is 3. The van der Waals surface area contributed by atoms with Crippen LogP contribution in [0.1, 0.15) is 5.56 Å². The predicted molar refractivity (Wildman–Crippen MR) is 65.6 cm³/mol. The quantitative estimate of drug-likeness (QED) is 0.899. The molecule has 0 bridgehead atoms. The zero-order valence-electron chi connectivity index (χ0n) is 9.73. The summed E-state index contributed by atoms with van der Waals surface area (Å²) in [6.07, 6.45) is 0. The highest BCUT2D eigenvalue weighted by molar-refractivity contribution is 6.30. The highest BCUT2D eigenvalue weighted by atomic mass is 35.5. The van der Waals surface area contributed by atoms with Crippen molar-refractivity contribution in [2.24, 2.45) is 5.73 Å². The molecule has 1 saturated heterocycles. The fourth-order valence-corrected chi connectivity index (χ4v) is 2.08. The number of carbonyl (C=O) groups is 1. The van der Waals surface area contributed by atoms with Crippen LogP contribution in [0.4, 0.5) is 4.39 Å². The second-order valence-corrected chi connectivity index (χ2v) is 4.62. The summed E-state index contributed by atoms with van der Waals surface area (Å²) in [5.41, 5.74) is 6.06. The van der Waals surface area contributed by atoms with Gasteiger partial charge in [-0.25, -0.2) is 4.39 Å². The summed E-state index contributed by atoms with van der Waals surface area (Å²) in [5.74, 6) is -0.887. The SMILES string of the molecule is NC(=O)[C@@H]1COCCN1Cc1ccc(Cl)c(F)c1. The van der Waals surface area contributed by atoms with Gasteiger partial charge in [0.05, 0.1) is 18.2 Å². The van der Waals surface area contributed by atoms with Crippen molar-refractivity contribution in [3.05, 3.63) is 34.6 Å². The lowest BCUT2D eigenvalue weighted by molar-refractivity contribution is -0.129. The number of ether oxygens (including phenoxy) is 1. The Bertz CT molecular complexity index is 456. The minimum atomic E-state index is -0.461. The molecule has 2 rings (SSSR count). The number of nitrogens with two attached hydrogens (primary N) is 1. The molecule has 1 aliphatic heterocycles. The molecule has 1 atom stereocenters. The van der Waals surface area contributed by atoms with Crippen molar-refractivity contribution in [3.63, 3.8) is 0 Å². The van der Waals surface area contributed by atoms with Gasteiger partial charge in [-0.1, -0.05) is 17.7 Å². The molecule has 0 saturated carbocycles.